The summed E-state index contributed by atoms with van der Waals surface area (Å²) >= 11 is 5.57. The van der Waals surface area contributed by atoms with Crippen molar-refractivity contribution in [3.8, 4) is 0 Å². The Labute approximate surface area is 87.4 Å². The maximum atomic E-state index is 11.6. The Morgan fingerprint density at radius 1 is 1.43 bits per heavy atom. The lowest BCUT2D eigenvalue weighted by molar-refractivity contribution is 0.0910. The topological polar surface area (TPSA) is 42.2 Å². The number of rotatable bonds is 2. The van der Waals surface area contributed by atoms with E-state index in [0.717, 1.165) is 12.8 Å². The molecule has 76 valence electrons. The predicted octanol–water partition coefficient (Wildman–Crippen LogP) is 2.61. The minimum absolute atomic E-state index is 0.163. The number of carbonyl (C=O) groups is 1. The molecule has 0 unspecified atom stereocenters. The summed E-state index contributed by atoms with van der Waals surface area (Å²) in [5.74, 6) is 0.130. The summed E-state index contributed by atoms with van der Waals surface area (Å²) < 4.78 is 5.01. The summed E-state index contributed by atoms with van der Waals surface area (Å²) in [5, 5.41) is 3.17. The van der Waals surface area contributed by atoms with Crippen molar-refractivity contribution in [3.63, 3.8) is 0 Å². The summed E-state index contributed by atoms with van der Waals surface area (Å²) in [6.07, 6.45) is 4.54. The Morgan fingerprint density at radius 2 is 2.14 bits per heavy atom. The van der Waals surface area contributed by atoms with E-state index in [9.17, 15) is 4.79 Å². The van der Waals surface area contributed by atoms with Gasteiger partial charge in [-0.25, -0.2) is 0 Å². The van der Waals surface area contributed by atoms with Gasteiger partial charge in [0.2, 0.25) is 0 Å². The quantitative estimate of drug-likeness (QED) is 0.821. The van der Waals surface area contributed by atoms with E-state index in [1.54, 1.807) is 12.1 Å². The second-order valence-electron chi connectivity index (χ2n) is 3.56. The molecule has 1 amide bonds. The number of hydrogen-bond donors (Lipinski definition) is 1. The van der Waals surface area contributed by atoms with Gasteiger partial charge in [-0.05, 0) is 36.6 Å². The minimum atomic E-state index is -0.163. The molecule has 3 nitrogen and oxygen atoms in total. The molecule has 0 saturated heterocycles. The third-order valence-corrected chi connectivity index (χ3v) is 2.69. The Morgan fingerprint density at radius 3 is 2.71 bits per heavy atom. The smallest absolute Gasteiger partial charge is 0.287 e. The standard InChI is InChI=1S/C10H12ClNO2/c11-9-6-5-8(14-9)10(13)12-7-3-1-2-4-7/h5-7H,1-4H2,(H,12,13). The predicted molar refractivity (Wildman–Crippen MR) is 53.4 cm³/mol. The van der Waals surface area contributed by atoms with E-state index in [0.29, 0.717) is 11.8 Å². The molecule has 2 rings (SSSR count). The van der Waals surface area contributed by atoms with Crippen LogP contribution in [0, 0.1) is 0 Å². The van der Waals surface area contributed by atoms with E-state index in [2.05, 4.69) is 5.32 Å². The molecule has 1 aliphatic rings. The molecule has 4 heteroatoms. The largest absolute Gasteiger partial charge is 0.440 e. The molecule has 14 heavy (non-hydrogen) atoms. The van der Waals surface area contributed by atoms with Crippen molar-refractivity contribution in [1.82, 2.24) is 5.32 Å². The average molecular weight is 214 g/mol. The molecule has 0 spiro atoms. The monoisotopic (exact) mass is 213 g/mol. The first kappa shape index (κ1) is 9.59. The van der Waals surface area contributed by atoms with Crippen LogP contribution in [0.3, 0.4) is 0 Å². The molecule has 1 fully saturated rings. The summed E-state index contributed by atoms with van der Waals surface area (Å²) in [6.45, 7) is 0. The zero-order chi connectivity index (χ0) is 9.97. The van der Waals surface area contributed by atoms with Crippen LogP contribution >= 0.6 is 11.6 Å². The fourth-order valence-electron chi connectivity index (χ4n) is 1.76. The van der Waals surface area contributed by atoms with Crippen LogP contribution in [0.25, 0.3) is 0 Å². The third kappa shape index (κ3) is 2.10. The normalized spacial score (nSPS) is 17.2. The number of furan rings is 1. The third-order valence-electron chi connectivity index (χ3n) is 2.49. The van der Waals surface area contributed by atoms with E-state index in [-0.39, 0.29) is 11.1 Å². The van der Waals surface area contributed by atoms with E-state index in [1.165, 1.54) is 12.8 Å². The summed E-state index contributed by atoms with van der Waals surface area (Å²) in [6, 6.07) is 3.48. The highest BCUT2D eigenvalue weighted by atomic mass is 35.5. The molecule has 1 aromatic rings. The van der Waals surface area contributed by atoms with Gasteiger partial charge in [-0.15, -0.1) is 0 Å². The zero-order valence-corrected chi connectivity index (χ0v) is 8.51. The van der Waals surface area contributed by atoms with Crippen molar-refractivity contribution >= 4 is 17.5 Å². The molecule has 0 aromatic carbocycles. The Kier molecular flexibility index (Phi) is 2.77. The highest BCUT2D eigenvalue weighted by Gasteiger charge is 2.19. The van der Waals surface area contributed by atoms with Gasteiger partial charge in [-0.3, -0.25) is 4.79 Å². The first-order valence-electron chi connectivity index (χ1n) is 4.82. The van der Waals surface area contributed by atoms with E-state index >= 15 is 0 Å². The molecule has 1 aromatic heterocycles. The number of amides is 1. The van der Waals surface area contributed by atoms with Gasteiger partial charge in [0.1, 0.15) is 0 Å². The number of nitrogens with one attached hydrogen (secondary N) is 1. The fourth-order valence-corrected chi connectivity index (χ4v) is 1.91. The fraction of sp³-hybridized carbons (Fsp3) is 0.500. The SMILES string of the molecule is O=C(NC1CCCC1)c1ccc(Cl)o1. The Hall–Kier alpha value is -0.960. The molecular weight excluding hydrogens is 202 g/mol. The molecule has 0 atom stereocenters. The summed E-state index contributed by atoms with van der Waals surface area (Å²) in [7, 11) is 0. The lowest BCUT2D eigenvalue weighted by Gasteiger charge is -2.09. The highest BCUT2D eigenvalue weighted by molar-refractivity contribution is 6.29. The van der Waals surface area contributed by atoms with Crippen molar-refractivity contribution < 1.29 is 9.21 Å². The molecule has 0 aliphatic heterocycles. The van der Waals surface area contributed by atoms with Gasteiger partial charge in [-0.1, -0.05) is 12.8 Å². The van der Waals surface area contributed by atoms with Gasteiger partial charge in [0.15, 0.2) is 11.0 Å². The van der Waals surface area contributed by atoms with E-state index in [4.69, 9.17) is 16.0 Å². The Bertz CT molecular complexity index is 329. The minimum Gasteiger partial charge on any atom is -0.440 e. The van der Waals surface area contributed by atoms with Crippen LogP contribution < -0.4 is 5.32 Å². The van der Waals surface area contributed by atoms with Crippen LogP contribution in [-0.4, -0.2) is 11.9 Å². The van der Waals surface area contributed by atoms with Crippen LogP contribution in [0.2, 0.25) is 5.22 Å². The van der Waals surface area contributed by atoms with Crippen LogP contribution in [0.1, 0.15) is 36.2 Å². The lowest BCUT2D eigenvalue weighted by atomic mass is 10.2. The van der Waals surface area contributed by atoms with Crippen molar-refractivity contribution in [2.45, 2.75) is 31.7 Å². The van der Waals surface area contributed by atoms with Crippen LogP contribution in [0.4, 0.5) is 0 Å². The Balaban J connectivity index is 1.95. The molecule has 1 aliphatic carbocycles. The molecule has 0 bridgehead atoms. The van der Waals surface area contributed by atoms with Crippen LogP contribution in [0.5, 0.6) is 0 Å². The lowest BCUT2D eigenvalue weighted by Crippen LogP contribution is -2.32. The van der Waals surface area contributed by atoms with Gasteiger partial charge in [0.25, 0.3) is 5.91 Å². The number of hydrogen-bond acceptors (Lipinski definition) is 2. The van der Waals surface area contributed by atoms with E-state index < -0.39 is 0 Å². The molecule has 1 saturated carbocycles. The molecule has 1 N–H and O–H groups in total. The van der Waals surface area contributed by atoms with Crippen molar-refractivity contribution in [3.05, 3.63) is 23.1 Å². The highest BCUT2D eigenvalue weighted by Crippen LogP contribution is 2.19. The number of carbonyl (C=O) groups excluding carboxylic acids is 1. The van der Waals surface area contributed by atoms with Gasteiger partial charge in [-0.2, -0.15) is 0 Å². The second-order valence-corrected chi connectivity index (χ2v) is 3.93. The summed E-state index contributed by atoms with van der Waals surface area (Å²) in [5.41, 5.74) is 0. The average Bonchev–Trinajstić information content (AvgIpc) is 2.75. The van der Waals surface area contributed by atoms with Gasteiger partial charge in [0.05, 0.1) is 0 Å². The number of halogens is 1. The van der Waals surface area contributed by atoms with Crippen molar-refractivity contribution in [2.75, 3.05) is 0 Å². The maximum absolute atomic E-state index is 11.6. The first-order valence-corrected chi connectivity index (χ1v) is 5.20. The molecular formula is C10H12ClNO2. The molecule has 1 heterocycles. The molecule has 0 radical (unpaired) electrons. The summed E-state index contributed by atoms with van der Waals surface area (Å²) in [4.78, 5) is 11.6. The van der Waals surface area contributed by atoms with Crippen molar-refractivity contribution in [2.24, 2.45) is 0 Å². The van der Waals surface area contributed by atoms with E-state index in [1.807, 2.05) is 0 Å². The second kappa shape index (κ2) is 4.05. The first-order chi connectivity index (χ1) is 6.75. The van der Waals surface area contributed by atoms with Gasteiger partial charge >= 0.3 is 0 Å². The maximum Gasteiger partial charge on any atom is 0.287 e. The zero-order valence-electron chi connectivity index (χ0n) is 7.75. The van der Waals surface area contributed by atoms with Gasteiger partial charge in [0, 0.05) is 6.04 Å². The van der Waals surface area contributed by atoms with Crippen LogP contribution in [-0.2, 0) is 0 Å². The van der Waals surface area contributed by atoms with Gasteiger partial charge < -0.3 is 9.73 Å². The van der Waals surface area contributed by atoms with Crippen LogP contribution in [0.15, 0.2) is 16.5 Å². The van der Waals surface area contributed by atoms with Crippen molar-refractivity contribution in [1.29, 1.82) is 0 Å².